The summed E-state index contributed by atoms with van der Waals surface area (Å²) in [6, 6.07) is 8.44. The minimum absolute atomic E-state index is 0.257. The minimum Gasteiger partial charge on any atom is -0.486 e. The zero-order valence-corrected chi connectivity index (χ0v) is 19.0. The first-order valence-corrected chi connectivity index (χ1v) is 11.8. The molecule has 0 atom stereocenters. The SMILES string of the molecule is CC(C)(C#N)OC(=O)N1CCN(c2ncc(OCc3ccc(S(C)(=O)=O)cc3)cn2)CC1. The number of aromatic nitrogens is 2. The van der Waals surface area contributed by atoms with E-state index in [9.17, 15) is 13.2 Å². The van der Waals surface area contributed by atoms with Gasteiger partial charge in [-0.3, -0.25) is 0 Å². The summed E-state index contributed by atoms with van der Waals surface area (Å²) in [5, 5.41) is 8.99. The Hall–Kier alpha value is -3.39. The Bertz CT molecular complexity index is 1090. The fourth-order valence-corrected chi connectivity index (χ4v) is 3.57. The third-order valence-corrected chi connectivity index (χ3v) is 5.93. The summed E-state index contributed by atoms with van der Waals surface area (Å²) in [5.41, 5.74) is -0.341. The number of nitrogens with zero attached hydrogens (tertiary/aromatic N) is 5. The molecule has 0 aliphatic carbocycles. The molecule has 0 saturated carbocycles. The molecule has 10 nitrogen and oxygen atoms in total. The topological polar surface area (TPSA) is 126 Å². The van der Waals surface area contributed by atoms with Gasteiger partial charge in [0, 0.05) is 32.4 Å². The van der Waals surface area contributed by atoms with E-state index in [0.717, 1.165) is 5.56 Å². The third kappa shape index (κ3) is 6.07. The Labute approximate surface area is 187 Å². The Morgan fingerprint density at radius 3 is 2.25 bits per heavy atom. The predicted molar refractivity (Wildman–Crippen MR) is 116 cm³/mol. The normalized spacial score (nSPS) is 14.6. The Kier molecular flexibility index (Phi) is 6.84. The van der Waals surface area contributed by atoms with Crippen LogP contribution in [0.2, 0.25) is 0 Å². The number of piperazine rings is 1. The van der Waals surface area contributed by atoms with Crippen molar-refractivity contribution < 1.29 is 22.7 Å². The summed E-state index contributed by atoms with van der Waals surface area (Å²) in [6.07, 6.45) is 3.80. The molecule has 170 valence electrons. The number of anilines is 1. The number of benzene rings is 1. The van der Waals surface area contributed by atoms with Crippen molar-refractivity contribution in [3.05, 3.63) is 42.2 Å². The van der Waals surface area contributed by atoms with E-state index in [4.69, 9.17) is 14.7 Å². The van der Waals surface area contributed by atoms with Gasteiger partial charge in [-0.15, -0.1) is 0 Å². The molecule has 0 unspecified atom stereocenters. The molecule has 1 aromatic heterocycles. The van der Waals surface area contributed by atoms with E-state index in [2.05, 4.69) is 9.97 Å². The average Bonchev–Trinajstić information content (AvgIpc) is 2.77. The van der Waals surface area contributed by atoms with Gasteiger partial charge in [-0.1, -0.05) is 12.1 Å². The highest BCUT2D eigenvalue weighted by molar-refractivity contribution is 7.90. The lowest BCUT2D eigenvalue weighted by molar-refractivity contribution is 0.0437. The van der Waals surface area contributed by atoms with Gasteiger partial charge in [0.1, 0.15) is 12.7 Å². The minimum atomic E-state index is -3.23. The molecule has 1 aliphatic heterocycles. The van der Waals surface area contributed by atoms with Crippen molar-refractivity contribution in [1.29, 1.82) is 5.26 Å². The fourth-order valence-electron chi connectivity index (χ4n) is 2.94. The fraction of sp³-hybridized carbons (Fsp3) is 0.429. The highest BCUT2D eigenvalue weighted by Crippen LogP contribution is 2.18. The summed E-state index contributed by atoms with van der Waals surface area (Å²) in [4.78, 5) is 24.6. The van der Waals surface area contributed by atoms with Crippen molar-refractivity contribution in [1.82, 2.24) is 14.9 Å². The standard InChI is InChI=1S/C21H25N5O5S/c1-21(2,15-22)31-20(27)26-10-8-25(9-11-26)19-23-12-17(13-24-19)30-14-16-4-6-18(7-5-16)32(3,28)29/h4-7,12-13H,8-11,14H2,1-3H3. The zero-order chi connectivity index (χ0) is 23.4. The number of ether oxygens (including phenoxy) is 2. The zero-order valence-electron chi connectivity index (χ0n) is 18.2. The quantitative estimate of drug-likeness (QED) is 0.637. The maximum absolute atomic E-state index is 12.2. The van der Waals surface area contributed by atoms with Crippen LogP contribution in [0.25, 0.3) is 0 Å². The molecule has 2 heterocycles. The Morgan fingerprint density at radius 2 is 1.72 bits per heavy atom. The Balaban J connectivity index is 1.50. The summed E-state index contributed by atoms with van der Waals surface area (Å²) in [5.74, 6) is 1.02. The molecule has 3 rings (SSSR count). The lowest BCUT2D eigenvalue weighted by Gasteiger charge is -2.35. The van der Waals surface area contributed by atoms with Crippen molar-refractivity contribution in [2.45, 2.75) is 31.0 Å². The second kappa shape index (κ2) is 9.40. The molecule has 0 spiro atoms. The number of sulfone groups is 1. The van der Waals surface area contributed by atoms with Crippen LogP contribution < -0.4 is 9.64 Å². The molecule has 0 radical (unpaired) electrons. The van der Waals surface area contributed by atoms with Crippen LogP contribution in [0.3, 0.4) is 0 Å². The molecule has 1 fully saturated rings. The van der Waals surface area contributed by atoms with Gasteiger partial charge in [0.2, 0.25) is 5.95 Å². The molecule has 1 saturated heterocycles. The van der Waals surface area contributed by atoms with Gasteiger partial charge in [-0.2, -0.15) is 5.26 Å². The van der Waals surface area contributed by atoms with Gasteiger partial charge in [0.25, 0.3) is 0 Å². The second-order valence-corrected chi connectivity index (χ2v) is 9.90. The molecule has 0 N–H and O–H groups in total. The van der Waals surface area contributed by atoms with Gasteiger partial charge >= 0.3 is 6.09 Å². The average molecular weight is 460 g/mol. The smallest absolute Gasteiger partial charge is 0.411 e. The van der Waals surface area contributed by atoms with Gasteiger partial charge in [0.15, 0.2) is 21.2 Å². The van der Waals surface area contributed by atoms with Gasteiger partial charge < -0.3 is 19.3 Å². The summed E-state index contributed by atoms with van der Waals surface area (Å²) in [6.45, 7) is 5.29. The van der Waals surface area contributed by atoms with Crippen molar-refractivity contribution >= 4 is 21.9 Å². The van der Waals surface area contributed by atoms with E-state index >= 15 is 0 Å². The molecule has 1 aromatic carbocycles. The maximum Gasteiger partial charge on any atom is 0.411 e. The van der Waals surface area contributed by atoms with Crippen LogP contribution in [0, 0.1) is 11.3 Å². The first-order valence-electron chi connectivity index (χ1n) is 9.95. The third-order valence-electron chi connectivity index (χ3n) is 4.80. The number of hydrogen-bond donors (Lipinski definition) is 0. The number of rotatable bonds is 6. The van der Waals surface area contributed by atoms with E-state index in [1.165, 1.54) is 6.26 Å². The van der Waals surface area contributed by atoms with E-state index in [0.29, 0.717) is 37.9 Å². The molecular weight excluding hydrogens is 434 g/mol. The van der Waals surface area contributed by atoms with Crippen molar-refractivity contribution in [3.63, 3.8) is 0 Å². The highest BCUT2D eigenvalue weighted by Gasteiger charge is 2.29. The van der Waals surface area contributed by atoms with Crippen LogP contribution in [-0.2, 0) is 21.2 Å². The monoisotopic (exact) mass is 459 g/mol. The first-order chi connectivity index (χ1) is 15.1. The molecule has 1 aliphatic rings. The lowest BCUT2D eigenvalue weighted by atomic mass is 10.2. The summed E-state index contributed by atoms with van der Waals surface area (Å²) >= 11 is 0. The van der Waals surface area contributed by atoms with E-state index in [1.807, 2.05) is 11.0 Å². The van der Waals surface area contributed by atoms with E-state index in [1.54, 1.807) is 55.4 Å². The largest absolute Gasteiger partial charge is 0.486 e. The number of carbonyl (C=O) groups is 1. The summed E-state index contributed by atoms with van der Waals surface area (Å²) < 4.78 is 33.9. The molecular formula is C21H25N5O5S. The van der Waals surface area contributed by atoms with Gasteiger partial charge in [-0.25, -0.2) is 23.2 Å². The van der Waals surface area contributed by atoms with Crippen molar-refractivity contribution in [2.24, 2.45) is 0 Å². The number of hydrogen-bond acceptors (Lipinski definition) is 9. The van der Waals surface area contributed by atoms with Crippen LogP contribution in [-0.4, -0.2) is 67.4 Å². The van der Waals surface area contributed by atoms with Crippen molar-refractivity contribution in [2.75, 3.05) is 37.3 Å². The number of nitriles is 1. The Morgan fingerprint density at radius 1 is 1.12 bits per heavy atom. The molecule has 32 heavy (non-hydrogen) atoms. The lowest BCUT2D eigenvalue weighted by Crippen LogP contribution is -2.50. The van der Waals surface area contributed by atoms with Crippen molar-refractivity contribution in [3.8, 4) is 11.8 Å². The van der Waals surface area contributed by atoms with Crippen LogP contribution in [0.15, 0.2) is 41.6 Å². The van der Waals surface area contributed by atoms with Crippen LogP contribution in [0.5, 0.6) is 5.75 Å². The van der Waals surface area contributed by atoms with E-state index in [-0.39, 0.29) is 11.5 Å². The first kappa shape index (κ1) is 23.3. The molecule has 0 bridgehead atoms. The van der Waals surface area contributed by atoms with Crippen LogP contribution >= 0.6 is 0 Å². The van der Waals surface area contributed by atoms with Crippen LogP contribution in [0.1, 0.15) is 19.4 Å². The van der Waals surface area contributed by atoms with Gasteiger partial charge in [-0.05, 0) is 31.5 Å². The van der Waals surface area contributed by atoms with Crippen LogP contribution in [0.4, 0.5) is 10.7 Å². The molecule has 11 heteroatoms. The summed E-state index contributed by atoms with van der Waals surface area (Å²) in [7, 11) is -3.23. The number of amides is 1. The molecule has 2 aromatic rings. The number of carbonyl (C=O) groups excluding carboxylic acids is 1. The maximum atomic E-state index is 12.2. The predicted octanol–water partition coefficient (Wildman–Crippen LogP) is 2.02. The van der Waals surface area contributed by atoms with Gasteiger partial charge in [0.05, 0.1) is 17.3 Å². The van der Waals surface area contributed by atoms with E-state index < -0.39 is 21.5 Å². The second-order valence-electron chi connectivity index (χ2n) is 7.89. The highest BCUT2D eigenvalue weighted by atomic mass is 32.2. The molecule has 1 amide bonds.